The highest BCUT2D eigenvalue weighted by Crippen LogP contribution is 2.32. The first kappa shape index (κ1) is 8.97. The number of fused-ring (bicyclic) bond motifs is 1. The Morgan fingerprint density at radius 1 is 1.46 bits per heavy atom. The zero-order valence-electron chi connectivity index (χ0n) is 7.62. The molecular weight excluding hydrogens is 180 g/mol. The van der Waals surface area contributed by atoms with E-state index in [9.17, 15) is 5.11 Å². The SMILES string of the molecule is C=CC(O)c1cc2c(s1)CCCC2. The van der Waals surface area contributed by atoms with Crippen LogP contribution in [-0.2, 0) is 12.8 Å². The fourth-order valence-corrected chi connectivity index (χ4v) is 3.02. The molecule has 2 rings (SSSR count). The summed E-state index contributed by atoms with van der Waals surface area (Å²) in [4.78, 5) is 2.53. The molecule has 0 spiro atoms. The molecule has 0 radical (unpaired) electrons. The van der Waals surface area contributed by atoms with Gasteiger partial charge in [-0.15, -0.1) is 17.9 Å². The van der Waals surface area contributed by atoms with E-state index in [1.807, 2.05) is 0 Å². The molecule has 0 bridgehead atoms. The first-order chi connectivity index (χ1) is 6.31. The first-order valence-electron chi connectivity index (χ1n) is 4.73. The Labute approximate surface area is 82.7 Å². The number of aryl methyl sites for hydroxylation is 2. The highest BCUT2D eigenvalue weighted by atomic mass is 32.1. The van der Waals surface area contributed by atoms with E-state index in [-0.39, 0.29) is 0 Å². The van der Waals surface area contributed by atoms with Gasteiger partial charge in [-0.1, -0.05) is 6.08 Å². The fraction of sp³-hybridized carbons (Fsp3) is 0.455. The van der Waals surface area contributed by atoms with E-state index in [4.69, 9.17) is 0 Å². The Hall–Kier alpha value is -0.600. The van der Waals surface area contributed by atoms with E-state index in [0.29, 0.717) is 0 Å². The Balaban J connectivity index is 2.29. The molecule has 1 aromatic rings. The third kappa shape index (κ3) is 1.69. The van der Waals surface area contributed by atoms with Crippen LogP contribution in [0.4, 0.5) is 0 Å². The van der Waals surface area contributed by atoms with Crippen molar-refractivity contribution in [3.8, 4) is 0 Å². The highest BCUT2D eigenvalue weighted by molar-refractivity contribution is 7.12. The molecule has 1 heterocycles. The molecule has 1 nitrogen and oxygen atoms in total. The second-order valence-corrected chi connectivity index (χ2v) is 4.65. The van der Waals surface area contributed by atoms with Crippen molar-refractivity contribution in [1.82, 2.24) is 0 Å². The number of thiophene rings is 1. The first-order valence-corrected chi connectivity index (χ1v) is 5.55. The standard InChI is InChI=1S/C11H14OS/c1-2-9(12)11-7-8-5-3-4-6-10(8)13-11/h2,7,9,12H,1,3-6H2. The van der Waals surface area contributed by atoms with Crippen LogP contribution in [0.15, 0.2) is 18.7 Å². The molecule has 0 fully saturated rings. The van der Waals surface area contributed by atoms with Crippen LogP contribution < -0.4 is 0 Å². The van der Waals surface area contributed by atoms with Crippen molar-refractivity contribution in [3.05, 3.63) is 34.0 Å². The second-order valence-electron chi connectivity index (χ2n) is 3.48. The minimum Gasteiger partial charge on any atom is -0.383 e. The molecule has 0 amide bonds. The van der Waals surface area contributed by atoms with Crippen LogP contribution in [-0.4, -0.2) is 5.11 Å². The number of rotatable bonds is 2. The Morgan fingerprint density at radius 2 is 2.23 bits per heavy atom. The smallest absolute Gasteiger partial charge is 0.106 e. The maximum atomic E-state index is 9.57. The minimum atomic E-state index is -0.462. The number of hydrogen-bond acceptors (Lipinski definition) is 2. The largest absolute Gasteiger partial charge is 0.383 e. The molecule has 1 atom stereocenters. The van der Waals surface area contributed by atoms with Gasteiger partial charge in [0.2, 0.25) is 0 Å². The number of aliphatic hydroxyl groups is 1. The van der Waals surface area contributed by atoms with Crippen LogP contribution in [0.1, 0.15) is 34.3 Å². The molecular formula is C11H14OS. The summed E-state index contributed by atoms with van der Waals surface area (Å²) >= 11 is 1.75. The van der Waals surface area contributed by atoms with Gasteiger partial charge in [-0.3, -0.25) is 0 Å². The monoisotopic (exact) mass is 194 g/mol. The van der Waals surface area contributed by atoms with Gasteiger partial charge in [-0.2, -0.15) is 0 Å². The summed E-state index contributed by atoms with van der Waals surface area (Å²) in [6.45, 7) is 3.60. The molecule has 13 heavy (non-hydrogen) atoms. The van der Waals surface area contributed by atoms with Crippen LogP contribution in [0.25, 0.3) is 0 Å². The lowest BCUT2D eigenvalue weighted by Crippen LogP contribution is -1.96. The molecule has 0 aliphatic heterocycles. The van der Waals surface area contributed by atoms with Gasteiger partial charge in [-0.25, -0.2) is 0 Å². The van der Waals surface area contributed by atoms with E-state index in [1.165, 1.54) is 36.1 Å². The predicted molar refractivity (Wildman–Crippen MR) is 56.1 cm³/mol. The van der Waals surface area contributed by atoms with Gasteiger partial charge in [0.15, 0.2) is 0 Å². The average molecular weight is 194 g/mol. The van der Waals surface area contributed by atoms with Crippen LogP contribution in [0, 0.1) is 0 Å². The van der Waals surface area contributed by atoms with Gasteiger partial charge >= 0.3 is 0 Å². The lowest BCUT2D eigenvalue weighted by Gasteiger charge is -2.08. The Kier molecular flexibility index (Phi) is 2.51. The lowest BCUT2D eigenvalue weighted by atomic mass is 9.99. The third-order valence-electron chi connectivity index (χ3n) is 2.53. The zero-order chi connectivity index (χ0) is 9.26. The minimum absolute atomic E-state index is 0.462. The normalized spacial score (nSPS) is 17.9. The molecule has 2 heteroatoms. The molecule has 1 aliphatic carbocycles. The molecule has 1 aromatic heterocycles. The van der Waals surface area contributed by atoms with E-state index < -0.39 is 6.10 Å². The van der Waals surface area contributed by atoms with Crippen molar-refractivity contribution < 1.29 is 5.11 Å². The maximum absolute atomic E-state index is 9.57. The van der Waals surface area contributed by atoms with Crippen LogP contribution in [0.3, 0.4) is 0 Å². The summed E-state index contributed by atoms with van der Waals surface area (Å²) in [6.07, 6.45) is 6.12. The van der Waals surface area contributed by atoms with Crippen LogP contribution in [0.2, 0.25) is 0 Å². The van der Waals surface area contributed by atoms with Gasteiger partial charge in [-0.05, 0) is 37.3 Å². The fourth-order valence-electron chi connectivity index (χ4n) is 1.78. The number of hydrogen-bond donors (Lipinski definition) is 1. The van der Waals surface area contributed by atoms with Gasteiger partial charge in [0, 0.05) is 9.75 Å². The summed E-state index contributed by atoms with van der Waals surface area (Å²) in [6, 6.07) is 2.14. The van der Waals surface area contributed by atoms with Crippen molar-refractivity contribution in [2.75, 3.05) is 0 Å². The van der Waals surface area contributed by atoms with E-state index in [2.05, 4.69) is 12.6 Å². The Morgan fingerprint density at radius 3 is 2.92 bits per heavy atom. The topological polar surface area (TPSA) is 20.2 Å². The third-order valence-corrected chi connectivity index (χ3v) is 3.84. The predicted octanol–water partition coefficient (Wildman–Crippen LogP) is 2.85. The van der Waals surface area contributed by atoms with E-state index >= 15 is 0 Å². The summed E-state index contributed by atoms with van der Waals surface area (Å²) in [5, 5.41) is 9.57. The summed E-state index contributed by atoms with van der Waals surface area (Å²) in [5.74, 6) is 0. The molecule has 0 saturated carbocycles. The van der Waals surface area contributed by atoms with Crippen molar-refractivity contribution in [2.45, 2.75) is 31.8 Å². The molecule has 1 N–H and O–H groups in total. The van der Waals surface area contributed by atoms with Gasteiger partial charge in [0.25, 0.3) is 0 Å². The second kappa shape index (κ2) is 3.64. The van der Waals surface area contributed by atoms with Crippen molar-refractivity contribution >= 4 is 11.3 Å². The van der Waals surface area contributed by atoms with Gasteiger partial charge in [0.1, 0.15) is 6.10 Å². The van der Waals surface area contributed by atoms with E-state index in [1.54, 1.807) is 17.4 Å². The molecule has 0 saturated heterocycles. The summed E-state index contributed by atoms with van der Waals surface area (Å²) in [7, 11) is 0. The van der Waals surface area contributed by atoms with Crippen LogP contribution in [0.5, 0.6) is 0 Å². The summed E-state index contributed by atoms with van der Waals surface area (Å²) in [5.41, 5.74) is 1.45. The lowest BCUT2D eigenvalue weighted by molar-refractivity contribution is 0.233. The quantitative estimate of drug-likeness (QED) is 0.718. The van der Waals surface area contributed by atoms with E-state index in [0.717, 1.165) is 4.88 Å². The van der Waals surface area contributed by atoms with Crippen molar-refractivity contribution in [1.29, 1.82) is 0 Å². The van der Waals surface area contributed by atoms with Gasteiger partial charge in [0.05, 0.1) is 0 Å². The molecule has 1 unspecified atom stereocenters. The Bertz CT molecular complexity index is 290. The molecule has 1 aliphatic rings. The maximum Gasteiger partial charge on any atom is 0.106 e. The van der Waals surface area contributed by atoms with Gasteiger partial charge < -0.3 is 5.11 Å². The van der Waals surface area contributed by atoms with Crippen LogP contribution >= 0.6 is 11.3 Å². The molecule has 0 aromatic carbocycles. The zero-order valence-corrected chi connectivity index (χ0v) is 8.44. The molecule has 70 valence electrons. The summed E-state index contributed by atoms with van der Waals surface area (Å²) < 4.78 is 0. The average Bonchev–Trinajstić information content (AvgIpc) is 2.59. The highest BCUT2D eigenvalue weighted by Gasteiger charge is 2.15. The van der Waals surface area contributed by atoms with Crippen molar-refractivity contribution in [2.24, 2.45) is 0 Å². The number of aliphatic hydroxyl groups excluding tert-OH is 1. The van der Waals surface area contributed by atoms with Crippen molar-refractivity contribution in [3.63, 3.8) is 0 Å².